The Kier molecular flexibility index (Phi) is 4.77. The van der Waals surface area contributed by atoms with Crippen LogP contribution in [0.1, 0.15) is 19.8 Å². The van der Waals surface area contributed by atoms with E-state index in [1.807, 2.05) is 49.4 Å². The van der Waals surface area contributed by atoms with Gasteiger partial charge in [0.05, 0.1) is 5.84 Å². The summed E-state index contributed by atoms with van der Waals surface area (Å²) < 4.78 is 5.84. The minimum atomic E-state index is -0.0323. The first kappa shape index (κ1) is 14.1. The monoisotopic (exact) mass is 268 g/mol. The predicted molar refractivity (Wildman–Crippen MR) is 83.1 cm³/mol. The number of benzene rings is 2. The van der Waals surface area contributed by atoms with Crippen LogP contribution < -0.4 is 10.5 Å². The molecule has 0 amide bonds. The van der Waals surface area contributed by atoms with Gasteiger partial charge in [-0.25, -0.2) is 0 Å². The highest BCUT2D eigenvalue weighted by Crippen LogP contribution is 2.23. The van der Waals surface area contributed by atoms with Crippen molar-refractivity contribution in [2.75, 3.05) is 0 Å². The minimum Gasteiger partial charge on any atom is -0.490 e. The van der Waals surface area contributed by atoms with Crippen molar-refractivity contribution >= 4 is 5.84 Å². The van der Waals surface area contributed by atoms with Gasteiger partial charge in [-0.05, 0) is 29.7 Å². The minimum absolute atomic E-state index is 0.0323. The first-order valence-electron chi connectivity index (χ1n) is 6.84. The number of nitrogens with one attached hydrogen (secondary N) is 1. The lowest BCUT2D eigenvalue weighted by Gasteiger charge is -2.17. The first-order chi connectivity index (χ1) is 9.69. The van der Waals surface area contributed by atoms with E-state index in [-0.39, 0.29) is 11.9 Å². The molecule has 0 saturated carbocycles. The van der Waals surface area contributed by atoms with Crippen LogP contribution in [-0.4, -0.2) is 11.9 Å². The Morgan fingerprint density at radius 2 is 1.65 bits per heavy atom. The molecule has 104 valence electrons. The van der Waals surface area contributed by atoms with Crippen molar-refractivity contribution < 1.29 is 4.74 Å². The number of nitrogens with two attached hydrogens (primary N) is 1. The lowest BCUT2D eigenvalue weighted by atomic mass is 10.1. The third-order valence-electron chi connectivity index (χ3n) is 3.17. The molecule has 1 atom stereocenters. The zero-order valence-corrected chi connectivity index (χ0v) is 11.7. The van der Waals surface area contributed by atoms with Gasteiger partial charge in [0.25, 0.3) is 0 Å². The molecule has 20 heavy (non-hydrogen) atoms. The fraction of sp³-hybridized carbons (Fsp3) is 0.235. The smallest absolute Gasteiger partial charge is 0.119 e. The second-order valence-corrected chi connectivity index (χ2v) is 4.77. The van der Waals surface area contributed by atoms with E-state index in [0.29, 0.717) is 6.42 Å². The zero-order chi connectivity index (χ0) is 14.4. The van der Waals surface area contributed by atoms with Crippen molar-refractivity contribution in [1.29, 1.82) is 5.41 Å². The normalized spacial score (nSPS) is 11.8. The van der Waals surface area contributed by atoms with Gasteiger partial charge in [0.15, 0.2) is 0 Å². The highest BCUT2D eigenvalue weighted by atomic mass is 16.5. The molecule has 1 unspecified atom stereocenters. The van der Waals surface area contributed by atoms with Crippen LogP contribution >= 0.6 is 0 Å². The van der Waals surface area contributed by atoms with Gasteiger partial charge in [-0.3, -0.25) is 5.41 Å². The molecule has 2 aromatic carbocycles. The maximum Gasteiger partial charge on any atom is 0.119 e. The van der Waals surface area contributed by atoms with Gasteiger partial charge < -0.3 is 10.5 Å². The quantitative estimate of drug-likeness (QED) is 0.617. The largest absolute Gasteiger partial charge is 0.490 e. The van der Waals surface area contributed by atoms with Crippen molar-refractivity contribution in [3.8, 4) is 16.9 Å². The summed E-state index contributed by atoms with van der Waals surface area (Å²) in [5.74, 6) is 0.982. The molecule has 0 aliphatic heterocycles. The third kappa shape index (κ3) is 3.85. The van der Waals surface area contributed by atoms with Crippen LogP contribution in [0.4, 0.5) is 0 Å². The summed E-state index contributed by atoms with van der Waals surface area (Å²) in [4.78, 5) is 0. The molecule has 0 heterocycles. The Balaban J connectivity index is 2.06. The molecule has 0 bridgehead atoms. The number of amidine groups is 1. The van der Waals surface area contributed by atoms with Crippen molar-refractivity contribution in [2.45, 2.75) is 25.9 Å². The van der Waals surface area contributed by atoms with Crippen LogP contribution in [0.5, 0.6) is 5.75 Å². The Hall–Kier alpha value is -2.29. The Morgan fingerprint density at radius 3 is 2.20 bits per heavy atom. The van der Waals surface area contributed by atoms with E-state index in [1.54, 1.807) is 0 Å². The third-order valence-corrected chi connectivity index (χ3v) is 3.17. The summed E-state index contributed by atoms with van der Waals surface area (Å²) >= 11 is 0. The van der Waals surface area contributed by atoms with E-state index >= 15 is 0 Å². The number of hydrogen-bond acceptors (Lipinski definition) is 2. The zero-order valence-electron chi connectivity index (χ0n) is 11.7. The van der Waals surface area contributed by atoms with Gasteiger partial charge in [0, 0.05) is 6.42 Å². The van der Waals surface area contributed by atoms with E-state index in [2.05, 4.69) is 12.1 Å². The molecule has 2 rings (SSSR count). The fourth-order valence-corrected chi connectivity index (χ4v) is 2.06. The van der Waals surface area contributed by atoms with Crippen molar-refractivity contribution in [1.82, 2.24) is 0 Å². The molecule has 0 saturated heterocycles. The number of hydrogen-bond donors (Lipinski definition) is 2. The maximum absolute atomic E-state index is 7.34. The predicted octanol–water partition coefficient (Wildman–Crippen LogP) is 3.84. The maximum atomic E-state index is 7.34. The Bertz CT molecular complexity index is 549. The van der Waals surface area contributed by atoms with Crippen LogP contribution in [0.25, 0.3) is 11.1 Å². The van der Waals surface area contributed by atoms with Crippen LogP contribution in [0.2, 0.25) is 0 Å². The molecular weight excluding hydrogens is 248 g/mol. The number of rotatable bonds is 6. The average Bonchev–Trinajstić information content (AvgIpc) is 2.48. The lowest BCUT2D eigenvalue weighted by molar-refractivity contribution is 0.204. The molecule has 0 aliphatic rings. The summed E-state index contributed by atoms with van der Waals surface area (Å²) in [6.07, 6.45) is 1.27. The number of ether oxygens (including phenoxy) is 1. The van der Waals surface area contributed by atoms with Crippen LogP contribution in [0.15, 0.2) is 54.6 Å². The van der Waals surface area contributed by atoms with E-state index in [1.165, 1.54) is 5.56 Å². The molecule has 2 aromatic rings. The summed E-state index contributed by atoms with van der Waals surface area (Å²) in [5, 5.41) is 7.34. The van der Waals surface area contributed by atoms with Gasteiger partial charge >= 0.3 is 0 Å². The molecule has 3 N–H and O–H groups in total. The van der Waals surface area contributed by atoms with Crippen LogP contribution in [0, 0.1) is 5.41 Å². The molecule has 0 aromatic heterocycles. The SMILES string of the molecule is CCC(CC(=N)N)Oc1ccc(-c2ccccc2)cc1. The molecular formula is C17H20N2O. The first-order valence-corrected chi connectivity index (χ1v) is 6.84. The lowest BCUT2D eigenvalue weighted by Crippen LogP contribution is -2.23. The molecule has 3 nitrogen and oxygen atoms in total. The Morgan fingerprint density at radius 1 is 1.05 bits per heavy atom. The van der Waals surface area contributed by atoms with Crippen molar-refractivity contribution in [3.05, 3.63) is 54.6 Å². The van der Waals surface area contributed by atoms with Crippen LogP contribution in [0.3, 0.4) is 0 Å². The van der Waals surface area contributed by atoms with Crippen molar-refractivity contribution in [2.24, 2.45) is 5.73 Å². The summed E-state index contributed by atoms with van der Waals surface area (Å²) in [6.45, 7) is 2.03. The van der Waals surface area contributed by atoms with E-state index in [9.17, 15) is 0 Å². The standard InChI is InChI=1S/C17H20N2O/c1-2-15(12-17(18)19)20-16-10-8-14(9-11-16)13-6-4-3-5-7-13/h3-11,15H,2,12H2,1H3,(H3,18,19). The van der Waals surface area contributed by atoms with Gasteiger partial charge in [-0.15, -0.1) is 0 Å². The van der Waals surface area contributed by atoms with Gasteiger partial charge in [-0.2, -0.15) is 0 Å². The summed E-state index contributed by atoms with van der Waals surface area (Å²) in [6, 6.07) is 18.3. The molecule has 0 fully saturated rings. The molecule has 0 spiro atoms. The summed E-state index contributed by atoms with van der Waals surface area (Å²) in [7, 11) is 0. The molecule has 0 radical (unpaired) electrons. The average molecular weight is 268 g/mol. The van der Waals surface area contributed by atoms with Gasteiger partial charge in [-0.1, -0.05) is 49.4 Å². The highest BCUT2D eigenvalue weighted by molar-refractivity contribution is 5.77. The molecule has 0 aliphatic carbocycles. The van der Waals surface area contributed by atoms with E-state index < -0.39 is 0 Å². The Labute approximate surface area is 119 Å². The summed E-state index contributed by atoms with van der Waals surface area (Å²) in [5.41, 5.74) is 7.78. The second-order valence-electron chi connectivity index (χ2n) is 4.77. The molecule has 3 heteroatoms. The van der Waals surface area contributed by atoms with Crippen molar-refractivity contribution in [3.63, 3.8) is 0 Å². The van der Waals surface area contributed by atoms with Crippen LogP contribution in [-0.2, 0) is 0 Å². The van der Waals surface area contributed by atoms with Gasteiger partial charge in [0.2, 0.25) is 0 Å². The fourth-order valence-electron chi connectivity index (χ4n) is 2.06. The topological polar surface area (TPSA) is 59.1 Å². The van der Waals surface area contributed by atoms with E-state index in [0.717, 1.165) is 17.7 Å². The highest BCUT2D eigenvalue weighted by Gasteiger charge is 2.09. The second kappa shape index (κ2) is 6.75. The van der Waals surface area contributed by atoms with Gasteiger partial charge in [0.1, 0.15) is 11.9 Å². The van der Waals surface area contributed by atoms with E-state index in [4.69, 9.17) is 15.9 Å².